The van der Waals surface area contributed by atoms with Crippen LogP contribution >= 0.6 is 0 Å². The minimum absolute atomic E-state index is 0.0968. The van der Waals surface area contributed by atoms with Crippen molar-refractivity contribution in [3.63, 3.8) is 0 Å². The second-order valence-electron chi connectivity index (χ2n) is 44.9. The van der Waals surface area contributed by atoms with Gasteiger partial charge >= 0.3 is 0 Å². The SMILES string of the molecule is CC(C)CCN(Cc1nc2ccccc2n1CC1CC1)C(=O)c1cccc(CN2CCCCC2)c1.CC(C)CCN(Cc1nc2ccccc2n1CC1CC1)C(=O)c1cccc(CN2CCCCCC2)c1.CC(C)CCN(Cc1nc2ccccc2n1CC1CC1)C(=O)c1cccc(CN2CCOCC2)c1.CCCCN(CCCC)Cc1cccc(C(=O)N(CCC(C)C)Cc2nc3ccccc3n2C2CCCC2)c1. The van der Waals surface area contributed by atoms with Gasteiger partial charge in [0.25, 0.3) is 23.6 Å². The number of ether oxygens (including phenoxy) is 1. The molecule has 21 heteroatoms. The van der Waals surface area contributed by atoms with Crippen molar-refractivity contribution >= 4 is 67.8 Å². The van der Waals surface area contributed by atoms with Crippen LogP contribution in [0.25, 0.3) is 44.1 Å². The van der Waals surface area contributed by atoms with Gasteiger partial charge in [-0.2, -0.15) is 0 Å². The predicted molar refractivity (Wildman–Crippen MR) is 591 cm³/mol. The number of nitrogens with zero attached hydrogens (tertiary/aromatic N) is 16. The molecule has 0 atom stereocenters. The molecule has 4 amide bonds. The summed E-state index contributed by atoms with van der Waals surface area (Å²) in [5.74, 6) is 8.90. The van der Waals surface area contributed by atoms with E-state index in [0.717, 1.165) is 249 Å². The van der Waals surface area contributed by atoms with E-state index in [2.05, 4.69) is 270 Å². The Hall–Kier alpha value is -10.7. The maximum absolute atomic E-state index is 14.1. The molecule has 0 N–H and O–H groups in total. The Kier molecular flexibility index (Phi) is 39.7. The molecule has 776 valence electrons. The van der Waals surface area contributed by atoms with Crippen molar-refractivity contribution < 1.29 is 23.9 Å². The molecule has 4 saturated carbocycles. The number of morpholine rings is 1. The quantitative estimate of drug-likeness (QED) is 0.0353. The normalized spacial score (nSPS) is 16.1. The van der Waals surface area contributed by atoms with Crippen molar-refractivity contribution in [3.05, 3.63) is 262 Å². The van der Waals surface area contributed by atoms with Gasteiger partial charge in [0.15, 0.2) is 0 Å². The second-order valence-corrected chi connectivity index (χ2v) is 44.9. The third-order valence-corrected chi connectivity index (χ3v) is 30.6. The highest BCUT2D eigenvalue weighted by Crippen LogP contribution is 2.39. The Morgan fingerprint density at radius 3 is 0.952 bits per heavy atom. The van der Waals surface area contributed by atoms with E-state index in [-0.39, 0.29) is 23.6 Å². The predicted octanol–water partition coefficient (Wildman–Crippen LogP) is 25.8. The number of benzene rings is 8. The number of hydrogen-bond donors (Lipinski definition) is 0. The van der Waals surface area contributed by atoms with E-state index in [1.807, 2.05) is 51.1 Å². The van der Waals surface area contributed by atoms with Crippen LogP contribution in [0.15, 0.2) is 194 Å². The maximum Gasteiger partial charge on any atom is 0.254 e. The molecule has 8 aromatic carbocycles. The zero-order valence-electron chi connectivity index (χ0n) is 89.6. The standard InChI is InChI=1S/C34H50N4O.C31H42N4O.C30H40N4O.C29H38N4O2/c1-5-7-21-36(22-8-6-2)25-28-14-13-15-29(24-28)34(39)37(23-20-27(3)4)26-33-35-31-18-11-12-19-32(31)38(33)30-16-9-10-17-30;1-24(2)16-19-34(23-30-32-28-12-5-6-13-29(28)35(30)22-25-14-15-25)31(36)27-11-9-10-26(20-27)21-33-17-7-3-4-8-18-33;1-23(2)15-18-33(22-29-31-27-11-4-5-12-28(27)34(29)21-24-13-14-24)30(35)26-10-8-9-25(19-26)20-32-16-6-3-7-17-32;1-22(2)12-13-32(21-28-30-26-8-3-4-9-27(26)33(28)20-23-10-11-23)29(34)25-7-5-6-24(18-25)19-31-14-16-35-17-15-31/h11-15,18-19,24,27,30H,5-10,16-17,20-23,25-26H2,1-4H3;5-6,9-13,20,24-25H,3-4,7-8,14-19,21-23H2,1-2H3;4-5,8-12,19,23-24H,3,6-7,13-18,20-22H2,1-2H3;3-9,18,22-23H,10-17,19-21H2,1-2H3. The summed E-state index contributed by atoms with van der Waals surface area (Å²) in [5.41, 5.74) is 16.9. The summed E-state index contributed by atoms with van der Waals surface area (Å²) in [6.45, 7) is 44.5. The van der Waals surface area contributed by atoms with E-state index in [0.29, 0.717) is 55.9 Å². The molecule has 3 saturated heterocycles. The molecule has 0 radical (unpaired) electrons. The zero-order valence-corrected chi connectivity index (χ0v) is 89.6. The lowest BCUT2D eigenvalue weighted by molar-refractivity contribution is 0.0341. The first-order valence-corrected chi connectivity index (χ1v) is 56.5. The number of fused-ring (bicyclic) bond motifs is 4. The molecule has 19 rings (SSSR count). The summed E-state index contributed by atoms with van der Waals surface area (Å²) >= 11 is 0. The zero-order chi connectivity index (χ0) is 101. The fourth-order valence-electron chi connectivity index (χ4n) is 21.3. The van der Waals surface area contributed by atoms with E-state index >= 15 is 0 Å². The van der Waals surface area contributed by atoms with Gasteiger partial charge in [-0.15, -0.1) is 0 Å². The molecular formula is C124H170N16O5. The monoisotopic (exact) mass is 1960 g/mol. The molecule has 0 unspecified atom stereocenters. The van der Waals surface area contributed by atoms with Gasteiger partial charge in [0, 0.05) is 113 Å². The minimum atomic E-state index is 0.0968. The topological polar surface area (TPSA) is 175 Å². The lowest BCUT2D eigenvalue weighted by Crippen LogP contribution is -2.36. The molecule has 7 heterocycles. The number of piperidine rings is 1. The molecule has 0 bridgehead atoms. The van der Waals surface area contributed by atoms with Crippen LogP contribution in [0.5, 0.6) is 0 Å². The molecule has 7 aliphatic rings. The maximum atomic E-state index is 14.1. The van der Waals surface area contributed by atoms with Crippen LogP contribution in [0.3, 0.4) is 0 Å². The number of amides is 4. The fraction of sp³-hybridized carbons (Fsp3) is 0.548. The summed E-state index contributed by atoms with van der Waals surface area (Å²) in [7, 11) is 0. The van der Waals surface area contributed by atoms with E-state index in [1.54, 1.807) is 0 Å². The first-order valence-electron chi connectivity index (χ1n) is 56.5. The van der Waals surface area contributed by atoms with Crippen molar-refractivity contribution in [1.82, 2.24) is 77.4 Å². The molecule has 0 spiro atoms. The fourth-order valence-corrected chi connectivity index (χ4v) is 21.3. The Bertz CT molecular complexity index is 5890. The van der Waals surface area contributed by atoms with Gasteiger partial charge in [-0.1, -0.05) is 211 Å². The number of para-hydroxylation sites is 8. The first kappa shape index (κ1) is 107. The molecule has 12 aromatic rings. The summed E-state index contributed by atoms with van der Waals surface area (Å²) < 4.78 is 15.0. The van der Waals surface area contributed by atoms with Gasteiger partial charge in [0.2, 0.25) is 0 Å². The van der Waals surface area contributed by atoms with E-state index in [9.17, 15) is 19.2 Å². The molecular weight excluding hydrogens is 1790 g/mol. The Morgan fingerprint density at radius 1 is 0.317 bits per heavy atom. The van der Waals surface area contributed by atoms with Crippen LogP contribution in [0.1, 0.15) is 323 Å². The number of imidazole rings is 4. The average Bonchev–Trinajstić information content (AvgIpc) is 1.61. The van der Waals surface area contributed by atoms with Crippen molar-refractivity contribution in [2.45, 2.75) is 308 Å². The van der Waals surface area contributed by atoms with Crippen LogP contribution in [0, 0.1) is 41.4 Å². The summed E-state index contributed by atoms with van der Waals surface area (Å²) in [4.78, 5) is 93.8. The average molecular weight is 1960 g/mol. The van der Waals surface area contributed by atoms with Crippen LogP contribution < -0.4 is 0 Å². The number of likely N-dealkylation sites (tertiary alicyclic amines) is 2. The number of rotatable bonds is 45. The number of hydrogen-bond acceptors (Lipinski definition) is 13. The van der Waals surface area contributed by atoms with Crippen LogP contribution in [-0.2, 0) is 76.7 Å². The van der Waals surface area contributed by atoms with E-state index in [4.69, 9.17) is 24.7 Å². The summed E-state index contributed by atoms with van der Waals surface area (Å²) in [6, 6.07) is 67.3. The van der Waals surface area contributed by atoms with Crippen molar-refractivity contribution in [2.24, 2.45) is 41.4 Å². The first-order chi connectivity index (χ1) is 70.7. The van der Waals surface area contributed by atoms with Crippen molar-refractivity contribution in [3.8, 4) is 0 Å². The van der Waals surface area contributed by atoms with Crippen LogP contribution in [-0.4, -0.2) is 193 Å². The highest BCUT2D eigenvalue weighted by Gasteiger charge is 2.33. The van der Waals surface area contributed by atoms with E-state index in [1.165, 1.54) is 179 Å². The molecule has 21 nitrogen and oxygen atoms in total. The largest absolute Gasteiger partial charge is 0.379 e. The van der Waals surface area contributed by atoms with Crippen LogP contribution in [0.4, 0.5) is 0 Å². The number of carbonyl (C=O) groups excluding carboxylic acids is 4. The third kappa shape index (κ3) is 31.5. The number of unbranched alkanes of at least 4 members (excludes halogenated alkanes) is 2. The van der Waals surface area contributed by atoms with Gasteiger partial charge < -0.3 is 42.6 Å². The molecule has 7 fully saturated rings. The Morgan fingerprint density at radius 2 is 0.614 bits per heavy atom. The molecule has 4 aliphatic carbocycles. The van der Waals surface area contributed by atoms with Gasteiger partial charge in [-0.3, -0.25) is 38.8 Å². The number of carbonyl (C=O) groups is 4. The summed E-state index contributed by atoms with van der Waals surface area (Å²) in [6.07, 6.45) is 30.6. The van der Waals surface area contributed by atoms with Gasteiger partial charge in [-0.25, -0.2) is 19.9 Å². The van der Waals surface area contributed by atoms with Crippen molar-refractivity contribution in [1.29, 1.82) is 0 Å². The Balaban J connectivity index is 0.000000139. The highest BCUT2D eigenvalue weighted by molar-refractivity contribution is 5.97. The molecule has 3 aliphatic heterocycles. The smallest absolute Gasteiger partial charge is 0.254 e. The Labute approximate surface area is 866 Å². The number of aromatic nitrogens is 8. The molecule has 4 aromatic heterocycles. The molecule has 145 heavy (non-hydrogen) atoms. The van der Waals surface area contributed by atoms with Crippen LogP contribution in [0.2, 0.25) is 0 Å². The second kappa shape index (κ2) is 53.8. The van der Waals surface area contributed by atoms with Gasteiger partial charge in [-0.05, 0) is 316 Å². The van der Waals surface area contributed by atoms with E-state index < -0.39 is 0 Å². The van der Waals surface area contributed by atoms with Gasteiger partial charge in [0.1, 0.15) is 23.3 Å². The lowest BCUT2D eigenvalue weighted by atomic mass is 10.1. The highest BCUT2D eigenvalue weighted by atomic mass is 16.5. The van der Waals surface area contributed by atoms with Crippen molar-refractivity contribution in [2.75, 3.05) is 91.8 Å². The summed E-state index contributed by atoms with van der Waals surface area (Å²) in [5, 5.41) is 0. The minimum Gasteiger partial charge on any atom is -0.379 e. The third-order valence-electron chi connectivity index (χ3n) is 30.6. The van der Waals surface area contributed by atoms with Gasteiger partial charge in [0.05, 0.1) is 83.5 Å². The lowest BCUT2D eigenvalue weighted by Gasteiger charge is -2.27.